The minimum absolute atomic E-state index is 0.203. The van der Waals surface area contributed by atoms with Gasteiger partial charge in [-0.15, -0.1) is 22.7 Å². The second kappa shape index (κ2) is 5.86. The number of aromatic nitrogens is 1. The summed E-state index contributed by atoms with van der Waals surface area (Å²) in [5.74, 6) is 0. The van der Waals surface area contributed by atoms with E-state index in [1.165, 1.54) is 28.8 Å². The molecule has 0 saturated carbocycles. The first-order valence-electron chi connectivity index (χ1n) is 5.57. The van der Waals surface area contributed by atoms with Gasteiger partial charge in [0, 0.05) is 12.4 Å². The highest BCUT2D eigenvalue weighted by Gasteiger charge is 2.24. The Hall–Kier alpha value is -0.870. The lowest BCUT2D eigenvalue weighted by atomic mass is 10.5. The van der Waals surface area contributed by atoms with Gasteiger partial charge in [-0.25, -0.2) is 13.4 Å². The maximum absolute atomic E-state index is 12.4. The van der Waals surface area contributed by atoms with Crippen LogP contribution in [-0.2, 0) is 16.6 Å². The van der Waals surface area contributed by atoms with Crippen LogP contribution < -0.4 is 5.73 Å². The van der Waals surface area contributed by atoms with E-state index in [9.17, 15) is 8.42 Å². The summed E-state index contributed by atoms with van der Waals surface area (Å²) in [6.07, 6.45) is 0. The molecule has 2 aromatic heterocycles. The molecule has 9 heteroatoms. The number of hydrogen-bond donors (Lipinski definition) is 1. The Kier molecular flexibility index (Phi) is 4.55. The van der Waals surface area contributed by atoms with E-state index in [0.29, 0.717) is 4.88 Å². The zero-order chi connectivity index (χ0) is 14.9. The van der Waals surface area contributed by atoms with Crippen LogP contribution in [0.3, 0.4) is 0 Å². The van der Waals surface area contributed by atoms with Gasteiger partial charge in [0.1, 0.15) is 9.20 Å². The Morgan fingerprint density at radius 2 is 2.20 bits per heavy atom. The minimum Gasteiger partial charge on any atom is -0.389 e. The fourth-order valence-electron chi connectivity index (χ4n) is 1.54. The van der Waals surface area contributed by atoms with Crippen molar-refractivity contribution in [3.63, 3.8) is 0 Å². The third-order valence-corrected chi connectivity index (χ3v) is 7.10. The SMILES string of the molecule is Cc1nc(CN(C)S(=O)(=O)c2ccc(C(N)=S)s2)cs1. The Bertz CT molecular complexity index is 732. The Labute approximate surface area is 131 Å². The molecule has 5 nitrogen and oxygen atoms in total. The molecular formula is C11H13N3O2S4. The van der Waals surface area contributed by atoms with Crippen molar-refractivity contribution in [3.8, 4) is 0 Å². The summed E-state index contributed by atoms with van der Waals surface area (Å²) in [5, 5.41) is 2.77. The predicted molar refractivity (Wildman–Crippen MR) is 85.7 cm³/mol. The average Bonchev–Trinajstić information content (AvgIpc) is 2.98. The third kappa shape index (κ3) is 3.23. The van der Waals surface area contributed by atoms with Gasteiger partial charge in [0.25, 0.3) is 10.0 Å². The maximum atomic E-state index is 12.4. The summed E-state index contributed by atoms with van der Waals surface area (Å²) in [6.45, 7) is 2.13. The van der Waals surface area contributed by atoms with Gasteiger partial charge in [0.05, 0.1) is 22.1 Å². The van der Waals surface area contributed by atoms with Crippen LogP contribution in [0.25, 0.3) is 0 Å². The number of nitrogens with zero attached hydrogens (tertiary/aromatic N) is 2. The molecule has 0 atom stereocenters. The quantitative estimate of drug-likeness (QED) is 0.837. The Morgan fingerprint density at radius 3 is 2.70 bits per heavy atom. The highest BCUT2D eigenvalue weighted by Crippen LogP contribution is 2.25. The lowest BCUT2D eigenvalue weighted by molar-refractivity contribution is 0.464. The van der Waals surface area contributed by atoms with E-state index in [-0.39, 0.29) is 15.7 Å². The van der Waals surface area contributed by atoms with Crippen LogP contribution in [0.5, 0.6) is 0 Å². The molecule has 0 aromatic carbocycles. The van der Waals surface area contributed by atoms with Crippen LogP contribution in [0.4, 0.5) is 0 Å². The number of hydrogen-bond acceptors (Lipinski definition) is 6. The summed E-state index contributed by atoms with van der Waals surface area (Å²) in [6, 6.07) is 3.15. The summed E-state index contributed by atoms with van der Waals surface area (Å²) in [4.78, 5) is 5.06. The average molecular weight is 348 g/mol. The summed E-state index contributed by atoms with van der Waals surface area (Å²) in [5.41, 5.74) is 6.24. The number of sulfonamides is 1. The van der Waals surface area contributed by atoms with Crippen molar-refractivity contribution in [3.05, 3.63) is 33.1 Å². The maximum Gasteiger partial charge on any atom is 0.252 e. The standard InChI is InChI=1S/C11H13N3O2S4/c1-7-13-8(6-18-7)5-14(2)20(15,16)10-4-3-9(19-10)11(12)17/h3-4,6H,5H2,1-2H3,(H2,12,17). The number of aryl methyl sites for hydroxylation is 1. The molecule has 0 radical (unpaired) electrons. The predicted octanol–water partition coefficient (Wildman–Crippen LogP) is 1.97. The minimum atomic E-state index is -3.54. The van der Waals surface area contributed by atoms with Gasteiger partial charge in [0.15, 0.2) is 0 Å². The van der Waals surface area contributed by atoms with E-state index in [1.54, 1.807) is 6.07 Å². The van der Waals surface area contributed by atoms with Crippen molar-refractivity contribution in [1.82, 2.24) is 9.29 Å². The number of nitrogens with two attached hydrogens (primary N) is 1. The van der Waals surface area contributed by atoms with Crippen molar-refractivity contribution in [2.45, 2.75) is 17.7 Å². The van der Waals surface area contributed by atoms with Crippen LogP contribution in [-0.4, -0.2) is 29.7 Å². The van der Waals surface area contributed by atoms with Gasteiger partial charge in [-0.3, -0.25) is 0 Å². The molecule has 0 aliphatic heterocycles. The van der Waals surface area contributed by atoms with Crippen molar-refractivity contribution >= 4 is 49.9 Å². The van der Waals surface area contributed by atoms with Gasteiger partial charge in [-0.1, -0.05) is 12.2 Å². The molecular weight excluding hydrogens is 334 g/mol. The van der Waals surface area contributed by atoms with Gasteiger partial charge in [-0.2, -0.15) is 4.31 Å². The molecule has 0 amide bonds. The first-order valence-corrected chi connectivity index (χ1v) is 9.12. The molecule has 0 aliphatic carbocycles. The van der Waals surface area contributed by atoms with Crippen molar-refractivity contribution in [1.29, 1.82) is 0 Å². The normalized spacial score (nSPS) is 11.9. The first kappa shape index (κ1) is 15.5. The Balaban J connectivity index is 2.22. The monoisotopic (exact) mass is 347 g/mol. The van der Waals surface area contributed by atoms with Crippen LogP contribution >= 0.6 is 34.9 Å². The fourth-order valence-corrected chi connectivity index (χ4v) is 4.85. The number of thiazole rings is 1. The van der Waals surface area contributed by atoms with Crippen LogP contribution in [0.15, 0.2) is 21.7 Å². The zero-order valence-corrected chi connectivity index (χ0v) is 14.1. The zero-order valence-electron chi connectivity index (χ0n) is 10.9. The van der Waals surface area contributed by atoms with Gasteiger partial charge >= 0.3 is 0 Å². The van der Waals surface area contributed by atoms with Gasteiger partial charge < -0.3 is 5.73 Å². The lowest BCUT2D eigenvalue weighted by Crippen LogP contribution is -2.26. The Morgan fingerprint density at radius 1 is 1.50 bits per heavy atom. The fraction of sp³-hybridized carbons (Fsp3) is 0.273. The van der Waals surface area contributed by atoms with Crippen LogP contribution in [0.2, 0.25) is 0 Å². The molecule has 20 heavy (non-hydrogen) atoms. The molecule has 0 saturated heterocycles. The highest BCUT2D eigenvalue weighted by atomic mass is 32.2. The summed E-state index contributed by atoms with van der Waals surface area (Å²) < 4.78 is 26.3. The van der Waals surface area contributed by atoms with Crippen molar-refractivity contribution < 1.29 is 8.42 Å². The second-order valence-corrected chi connectivity index (χ2v) is 8.96. The van der Waals surface area contributed by atoms with Crippen molar-refractivity contribution in [2.75, 3.05) is 7.05 Å². The lowest BCUT2D eigenvalue weighted by Gasteiger charge is -2.14. The molecule has 108 valence electrons. The van der Waals surface area contributed by atoms with Gasteiger partial charge in [-0.05, 0) is 19.1 Å². The van der Waals surface area contributed by atoms with Gasteiger partial charge in [0.2, 0.25) is 0 Å². The van der Waals surface area contributed by atoms with Crippen LogP contribution in [0, 0.1) is 6.92 Å². The van der Waals surface area contributed by atoms with E-state index in [1.807, 2.05) is 12.3 Å². The first-order chi connectivity index (χ1) is 9.30. The molecule has 2 rings (SSSR count). The molecule has 0 fully saturated rings. The highest BCUT2D eigenvalue weighted by molar-refractivity contribution is 7.91. The van der Waals surface area contributed by atoms with E-state index < -0.39 is 10.0 Å². The molecule has 0 unspecified atom stereocenters. The van der Waals surface area contributed by atoms with E-state index in [2.05, 4.69) is 4.98 Å². The molecule has 0 bridgehead atoms. The molecule has 0 spiro atoms. The summed E-state index contributed by atoms with van der Waals surface area (Å²) in [7, 11) is -2.01. The molecule has 2 heterocycles. The number of thiophene rings is 1. The third-order valence-electron chi connectivity index (χ3n) is 2.54. The van der Waals surface area contributed by atoms with E-state index in [4.69, 9.17) is 18.0 Å². The molecule has 2 N–H and O–H groups in total. The molecule has 2 aromatic rings. The van der Waals surface area contributed by atoms with Crippen LogP contribution in [0.1, 0.15) is 15.6 Å². The summed E-state index contributed by atoms with van der Waals surface area (Å²) >= 11 is 7.42. The number of thiocarbonyl (C=S) groups is 1. The second-order valence-electron chi connectivity index (χ2n) is 4.10. The van der Waals surface area contributed by atoms with E-state index >= 15 is 0 Å². The van der Waals surface area contributed by atoms with Crippen molar-refractivity contribution in [2.24, 2.45) is 5.73 Å². The molecule has 0 aliphatic rings. The topological polar surface area (TPSA) is 76.3 Å². The van der Waals surface area contributed by atoms with E-state index in [0.717, 1.165) is 22.0 Å². The number of rotatable bonds is 5. The largest absolute Gasteiger partial charge is 0.389 e. The smallest absolute Gasteiger partial charge is 0.252 e.